The van der Waals surface area contributed by atoms with Gasteiger partial charge in [-0.2, -0.15) is 0 Å². The summed E-state index contributed by atoms with van der Waals surface area (Å²) in [5.74, 6) is 1.09. The molecule has 0 aromatic carbocycles. The van der Waals surface area contributed by atoms with Crippen LogP contribution in [0.5, 0.6) is 0 Å². The van der Waals surface area contributed by atoms with E-state index in [1.165, 1.54) is 70.6 Å². The second kappa shape index (κ2) is 9.48. The molecule has 0 spiro atoms. The standard InChI is InChI=1S/C19H34O2/c20-19(21)18(15-14-17-10-5-2-6-11-17)13-7-12-16-8-3-1-4-9-16/h16-18H,1-15H2,(H,20,21). The Morgan fingerprint density at radius 2 is 1.33 bits per heavy atom. The number of rotatable bonds is 8. The van der Waals surface area contributed by atoms with E-state index in [2.05, 4.69) is 0 Å². The minimum atomic E-state index is -0.547. The fourth-order valence-corrected chi connectivity index (χ4v) is 4.43. The number of carboxylic acid groups (broad SMARTS) is 1. The Kier molecular flexibility index (Phi) is 7.60. The average molecular weight is 294 g/mol. The molecular weight excluding hydrogens is 260 g/mol. The molecule has 1 N–H and O–H groups in total. The highest BCUT2D eigenvalue weighted by Crippen LogP contribution is 2.31. The quantitative estimate of drug-likeness (QED) is 0.614. The van der Waals surface area contributed by atoms with Crippen LogP contribution in [0.3, 0.4) is 0 Å². The Morgan fingerprint density at radius 3 is 1.86 bits per heavy atom. The van der Waals surface area contributed by atoms with Crippen LogP contribution >= 0.6 is 0 Å². The molecule has 2 nitrogen and oxygen atoms in total. The van der Waals surface area contributed by atoms with Gasteiger partial charge in [0.25, 0.3) is 0 Å². The highest BCUT2D eigenvalue weighted by molar-refractivity contribution is 5.69. The molecule has 2 aliphatic rings. The van der Waals surface area contributed by atoms with Crippen molar-refractivity contribution in [3.8, 4) is 0 Å². The molecule has 0 amide bonds. The van der Waals surface area contributed by atoms with Crippen LogP contribution in [-0.2, 0) is 4.79 Å². The van der Waals surface area contributed by atoms with E-state index in [1.54, 1.807) is 0 Å². The molecule has 0 aromatic heterocycles. The molecule has 1 atom stereocenters. The third-order valence-corrected chi connectivity index (χ3v) is 5.89. The predicted octanol–water partition coefficient (Wildman–Crippen LogP) is 5.80. The van der Waals surface area contributed by atoms with Crippen LogP contribution in [0.15, 0.2) is 0 Å². The van der Waals surface area contributed by atoms with Crippen LogP contribution in [0.25, 0.3) is 0 Å². The lowest BCUT2D eigenvalue weighted by Crippen LogP contribution is -2.17. The second-order valence-corrected chi connectivity index (χ2v) is 7.55. The molecule has 0 aromatic rings. The van der Waals surface area contributed by atoms with E-state index in [9.17, 15) is 9.90 Å². The minimum absolute atomic E-state index is 0.0736. The van der Waals surface area contributed by atoms with Gasteiger partial charge >= 0.3 is 5.97 Å². The Morgan fingerprint density at radius 1 is 0.810 bits per heavy atom. The van der Waals surface area contributed by atoms with E-state index in [0.717, 1.165) is 37.5 Å². The van der Waals surface area contributed by atoms with Gasteiger partial charge in [0.15, 0.2) is 0 Å². The number of carboxylic acids is 1. The molecule has 2 fully saturated rings. The van der Waals surface area contributed by atoms with Gasteiger partial charge in [-0.1, -0.05) is 77.0 Å². The van der Waals surface area contributed by atoms with Gasteiger partial charge in [0.05, 0.1) is 5.92 Å². The smallest absolute Gasteiger partial charge is 0.306 e. The van der Waals surface area contributed by atoms with E-state index in [-0.39, 0.29) is 5.92 Å². The molecule has 0 bridgehead atoms. The maximum absolute atomic E-state index is 11.5. The van der Waals surface area contributed by atoms with Gasteiger partial charge in [0.2, 0.25) is 0 Å². The Balaban J connectivity index is 1.62. The molecule has 21 heavy (non-hydrogen) atoms. The van der Waals surface area contributed by atoms with Crippen LogP contribution in [0.1, 0.15) is 96.3 Å². The van der Waals surface area contributed by atoms with Crippen molar-refractivity contribution in [3.63, 3.8) is 0 Å². The highest BCUT2D eigenvalue weighted by atomic mass is 16.4. The second-order valence-electron chi connectivity index (χ2n) is 7.55. The first kappa shape index (κ1) is 16.8. The Hall–Kier alpha value is -0.530. The zero-order valence-corrected chi connectivity index (χ0v) is 13.7. The number of hydrogen-bond donors (Lipinski definition) is 1. The zero-order chi connectivity index (χ0) is 14.9. The number of hydrogen-bond acceptors (Lipinski definition) is 1. The van der Waals surface area contributed by atoms with E-state index in [1.807, 2.05) is 0 Å². The number of carbonyl (C=O) groups is 1. The molecule has 0 radical (unpaired) electrons. The first-order valence-corrected chi connectivity index (χ1v) is 9.48. The third-order valence-electron chi connectivity index (χ3n) is 5.89. The first-order chi connectivity index (χ1) is 10.3. The monoisotopic (exact) mass is 294 g/mol. The van der Waals surface area contributed by atoms with Crippen molar-refractivity contribution in [1.82, 2.24) is 0 Å². The summed E-state index contributed by atoms with van der Waals surface area (Å²) in [5.41, 5.74) is 0. The van der Waals surface area contributed by atoms with Gasteiger partial charge in [-0.25, -0.2) is 0 Å². The van der Waals surface area contributed by atoms with E-state index in [4.69, 9.17) is 0 Å². The average Bonchev–Trinajstić information content (AvgIpc) is 2.52. The van der Waals surface area contributed by atoms with Gasteiger partial charge < -0.3 is 5.11 Å². The minimum Gasteiger partial charge on any atom is -0.481 e. The SMILES string of the molecule is O=C(O)C(CCCC1CCCCC1)CCC1CCCCC1. The molecule has 2 saturated carbocycles. The van der Waals surface area contributed by atoms with E-state index >= 15 is 0 Å². The fraction of sp³-hybridized carbons (Fsp3) is 0.947. The van der Waals surface area contributed by atoms with Crippen LogP contribution in [0, 0.1) is 17.8 Å². The van der Waals surface area contributed by atoms with Crippen LogP contribution in [0.2, 0.25) is 0 Å². The molecule has 0 aliphatic heterocycles. The normalized spacial score (nSPS) is 23.0. The summed E-state index contributed by atoms with van der Waals surface area (Å²) >= 11 is 0. The molecule has 0 heterocycles. The van der Waals surface area contributed by atoms with Crippen molar-refractivity contribution in [2.45, 2.75) is 96.3 Å². The lowest BCUT2D eigenvalue weighted by molar-refractivity contribution is -0.142. The lowest BCUT2D eigenvalue weighted by Gasteiger charge is -2.24. The van der Waals surface area contributed by atoms with E-state index in [0.29, 0.717) is 0 Å². The number of aliphatic carboxylic acids is 1. The van der Waals surface area contributed by atoms with Crippen molar-refractivity contribution < 1.29 is 9.90 Å². The molecule has 1 unspecified atom stereocenters. The summed E-state index contributed by atoms with van der Waals surface area (Å²) in [4.78, 5) is 11.5. The maximum atomic E-state index is 11.5. The predicted molar refractivity (Wildman–Crippen MR) is 87.4 cm³/mol. The molecule has 122 valence electrons. The first-order valence-electron chi connectivity index (χ1n) is 9.48. The molecular formula is C19H34O2. The third kappa shape index (κ3) is 6.40. The highest BCUT2D eigenvalue weighted by Gasteiger charge is 2.21. The van der Waals surface area contributed by atoms with Crippen molar-refractivity contribution >= 4 is 5.97 Å². The maximum Gasteiger partial charge on any atom is 0.306 e. The summed E-state index contributed by atoms with van der Waals surface area (Å²) in [6.45, 7) is 0. The van der Waals surface area contributed by atoms with Crippen molar-refractivity contribution in [3.05, 3.63) is 0 Å². The molecule has 2 rings (SSSR count). The fourth-order valence-electron chi connectivity index (χ4n) is 4.43. The summed E-state index contributed by atoms with van der Waals surface area (Å²) in [6.07, 6.45) is 19.2. The summed E-state index contributed by atoms with van der Waals surface area (Å²) in [6, 6.07) is 0. The van der Waals surface area contributed by atoms with Crippen LogP contribution in [0.4, 0.5) is 0 Å². The van der Waals surface area contributed by atoms with Gasteiger partial charge in [-0.05, 0) is 31.1 Å². The van der Waals surface area contributed by atoms with Crippen molar-refractivity contribution in [2.24, 2.45) is 17.8 Å². The van der Waals surface area contributed by atoms with E-state index < -0.39 is 5.97 Å². The van der Waals surface area contributed by atoms with Gasteiger partial charge in [-0.3, -0.25) is 4.79 Å². The Bertz CT molecular complexity index is 288. The molecule has 2 aliphatic carbocycles. The van der Waals surface area contributed by atoms with Gasteiger partial charge in [-0.15, -0.1) is 0 Å². The zero-order valence-electron chi connectivity index (χ0n) is 13.7. The van der Waals surface area contributed by atoms with Crippen molar-refractivity contribution in [2.75, 3.05) is 0 Å². The topological polar surface area (TPSA) is 37.3 Å². The molecule has 0 saturated heterocycles. The van der Waals surface area contributed by atoms with Crippen LogP contribution < -0.4 is 0 Å². The summed E-state index contributed by atoms with van der Waals surface area (Å²) in [7, 11) is 0. The summed E-state index contributed by atoms with van der Waals surface area (Å²) < 4.78 is 0. The summed E-state index contributed by atoms with van der Waals surface area (Å²) in [5, 5.41) is 9.44. The van der Waals surface area contributed by atoms with Crippen molar-refractivity contribution in [1.29, 1.82) is 0 Å². The largest absolute Gasteiger partial charge is 0.481 e. The van der Waals surface area contributed by atoms with Gasteiger partial charge in [0.1, 0.15) is 0 Å². The Labute approximate surface area is 130 Å². The lowest BCUT2D eigenvalue weighted by atomic mass is 9.82. The van der Waals surface area contributed by atoms with Gasteiger partial charge in [0, 0.05) is 0 Å². The van der Waals surface area contributed by atoms with Crippen LogP contribution in [-0.4, -0.2) is 11.1 Å². The molecule has 2 heteroatoms.